The minimum atomic E-state index is 1.03. The molecule has 4 rings (SSSR count). The summed E-state index contributed by atoms with van der Waals surface area (Å²) >= 11 is 1.72. The van der Waals surface area contributed by atoms with Crippen LogP contribution in [-0.2, 0) is 6.42 Å². The van der Waals surface area contributed by atoms with E-state index in [0.29, 0.717) is 0 Å². The summed E-state index contributed by atoms with van der Waals surface area (Å²) in [5, 5.41) is 2.08. The molecule has 0 unspecified atom stereocenters. The van der Waals surface area contributed by atoms with Crippen LogP contribution < -0.4 is 4.90 Å². The predicted molar refractivity (Wildman–Crippen MR) is 79.2 cm³/mol. The summed E-state index contributed by atoms with van der Waals surface area (Å²) in [7, 11) is 0. The Morgan fingerprint density at radius 2 is 2.05 bits per heavy atom. The van der Waals surface area contributed by atoms with E-state index in [1.165, 1.54) is 22.4 Å². The van der Waals surface area contributed by atoms with Crippen molar-refractivity contribution in [2.75, 3.05) is 11.4 Å². The van der Waals surface area contributed by atoms with E-state index in [0.717, 1.165) is 24.3 Å². The second-order valence-corrected chi connectivity index (χ2v) is 5.63. The summed E-state index contributed by atoms with van der Waals surface area (Å²) in [6.07, 6.45) is 4.00. The Morgan fingerprint density at radius 1 is 1.11 bits per heavy atom. The Hall–Kier alpha value is -1.94. The molecule has 3 aromatic rings. The minimum Gasteiger partial charge on any atom is -0.325 e. The average molecular weight is 267 g/mol. The van der Waals surface area contributed by atoms with Crippen molar-refractivity contribution in [2.45, 2.75) is 12.8 Å². The second kappa shape index (κ2) is 4.31. The maximum atomic E-state index is 4.53. The lowest BCUT2D eigenvalue weighted by atomic mass is 10.0. The molecule has 0 radical (unpaired) electrons. The zero-order valence-corrected chi connectivity index (χ0v) is 11.2. The van der Waals surface area contributed by atoms with Crippen molar-refractivity contribution in [3.8, 4) is 0 Å². The fourth-order valence-corrected chi connectivity index (χ4v) is 3.56. The number of aromatic nitrogens is 2. The van der Waals surface area contributed by atoms with Gasteiger partial charge in [0.2, 0.25) is 0 Å². The number of fused-ring (bicyclic) bond motifs is 2. The molecule has 2 aromatic heterocycles. The molecular weight excluding hydrogens is 254 g/mol. The van der Waals surface area contributed by atoms with Crippen LogP contribution in [0.5, 0.6) is 0 Å². The van der Waals surface area contributed by atoms with Crippen molar-refractivity contribution in [1.29, 1.82) is 0 Å². The van der Waals surface area contributed by atoms with Crippen molar-refractivity contribution >= 4 is 33.1 Å². The predicted octanol–water partition coefficient (Wildman–Crippen LogP) is 3.78. The molecule has 0 fully saturated rings. The monoisotopic (exact) mass is 267 g/mol. The van der Waals surface area contributed by atoms with Crippen molar-refractivity contribution in [1.82, 2.24) is 9.97 Å². The van der Waals surface area contributed by atoms with Crippen LogP contribution in [0, 0.1) is 0 Å². The Morgan fingerprint density at radius 3 is 3.05 bits per heavy atom. The second-order valence-electron chi connectivity index (χ2n) is 4.72. The first kappa shape index (κ1) is 10.9. The number of anilines is 2. The molecule has 3 heterocycles. The molecule has 1 aliphatic rings. The smallest absolute Gasteiger partial charge is 0.154 e. The third kappa shape index (κ3) is 1.71. The fourth-order valence-electron chi connectivity index (χ4n) is 2.72. The van der Waals surface area contributed by atoms with Crippen LogP contribution in [0.2, 0.25) is 0 Å². The third-order valence-corrected chi connectivity index (χ3v) is 4.49. The van der Waals surface area contributed by atoms with Gasteiger partial charge in [0.1, 0.15) is 6.33 Å². The average Bonchev–Trinajstić information content (AvgIpc) is 2.95. The Kier molecular flexibility index (Phi) is 2.48. The van der Waals surface area contributed by atoms with Crippen LogP contribution >= 0.6 is 11.3 Å². The van der Waals surface area contributed by atoms with Gasteiger partial charge in [-0.15, -0.1) is 11.3 Å². The van der Waals surface area contributed by atoms with Crippen LogP contribution in [0.15, 0.2) is 42.0 Å². The largest absolute Gasteiger partial charge is 0.325 e. The van der Waals surface area contributed by atoms with E-state index < -0.39 is 0 Å². The van der Waals surface area contributed by atoms with Gasteiger partial charge in [-0.2, -0.15) is 0 Å². The van der Waals surface area contributed by atoms with Crippen LogP contribution in [-0.4, -0.2) is 16.5 Å². The molecule has 0 saturated heterocycles. The van der Waals surface area contributed by atoms with E-state index in [4.69, 9.17) is 0 Å². The van der Waals surface area contributed by atoms with Crippen molar-refractivity contribution in [3.05, 3.63) is 47.6 Å². The molecule has 0 bridgehead atoms. The highest BCUT2D eigenvalue weighted by Crippen LogP contribution is 2.36. The highest BCUT2D eigenvalue weighted by atomic mass is 32.1. The van der Waals surface area contributed by atoms with Crippen LogP contribution in [0.25, 0.3) is 10.2 Å². The zero-order valence-electron chi connectivity index (χ0n) is 10.4. The van der Waals surface area contributed by atoms with E-state index >= 15 is 0 Å². The number of para-hydroxylation sites is 1. The number of aryl methyl sites for hydroxylation is 1. The summed E-state index contributed by atoms with van der Waals surface area (Å²) in [6, 6.07) is 10.7. The lowest BCUT2D eigenvalue weighted by Gasteiger charge is -2.30. The van der Waals surface area contributed by atoms with Crippen LogP contribution in [0.1, 0.15) is 12.0 Å². The van der Waals surface area contributed by atoms with Gasteiger partial charge in [0, 0.05) is 12.2 Å². The number of benzene rings is 1. The molecule has 1 aromatic carbocycles. The van der Waals surface area contributed by atoms with Gasteiger partial charge in [-0.25, -0.2) is 9.97 Å². The number of hydrogen-bond donors (Lipinski definition) is 0. The molecule has 0 aliphatic carbocycles. The molecule has 1 aliphatic heterocycles. The highest BCUT2D eigenvalue weighted by molar-refractivity contribution is 7.17. The van der Waals surface area contributed by atoms with Crippen molar-refractivity contribution in [3.63, 3.8) is 0 Å². The van der Waals surface area contributed by atoms with Gasteiger partial charge in [0.25, 0.3) is 0 Å². The molecule has 19 heavy (non-hydrogen) atoms. The molecule has 94 valence electrons. The molecular formula is C15H13N3S. The maximum absolute atomic E-state index is 4.53. The molecule has 3 nitrogen and oxygen atoms in total. The lowest BCUT2D eigenvalue weighted by Crippen LogP contribution is -2.25. The third-order valence-electron chi connectivity index (χ3n) is 3.59. The number of rotatable bonds is 1. The number of thiophene rings is 1. The van der Waals surface area contributed by atoms with Crippen LogP contribution in [0.4, 0.5) is 11.5 Å². The van der Waals surface area contributed by atoms with Gasteiger partial charge in [-0.3, -0.25) is 0 Å². The SMILES string of the molecule is c1ccc2c(c1)CCCN2c1ncnc2ccsc12. The molecule has 4 heteroatoms. The Bertz CT molecular complexity index is 735. The molecule has 0 N–H and O–H groups in total. The zero-order chi connectivity index (χ0) is 12.7. The van der Waals surface area contributed by atoms with E-state index in [9.17, 15) is 0 Å². The van der Waals surface area contributed by atoms with E-state index in [-0.39, 0.29) is 0 Å². The first-order chi connectivity index (χ1) is 9.43. The molecule has 0 spiro atoms. The molecule has 0 atom stereocenters. The van der Waals surface area contributed by atoms with Crippen molar-refractivity contribution < 1.29 is 0 Å². The van der Waals surface area contributed by atoms with E-state index in [1.54, 1.807) is 17.7 Å². The van der Waals surface area contributed by atoms with Gasteiger partial charge in [-0.05, 0) is 35.9 Å². The fraction of sp³-hybridized carbons (Fsp3) is 0.200. The first-order valence-electron chi connectivity index (χ1n) is 6.47. The maximum Gasteiger partial charge on any atom is 0.154 e. The first-order valence-corrected chi connectivity index (χ1v) is 7.35. The number of nitrogens with zero attached hydrogens (tertiary/aromatic N) is 3. The van der Waals surface area contributed by atoms with Gasteiger partial charge in [0.15, 0.2) is 5.82 Å². The lowest BCUT2D eigenvalue weighted by molar-refractivity contribution is 0.761. The normalized spacial score (nSPS) is 14.6. The van der Waals surface area contributed by atoms with Gasteiger partial charge < -0.3 is 4.90 Å². The minimum absolute atomic E-state index is 1.03. The standard InChI is InChI=1S/C15H13N3S/c1-2-6-13-11(4-1)5-3-8-18(13)15-14-12(7-9-19-14)16-10-17-15/h1-2,4,6-7,9-10H,3,5,8H2. The summed E-state index contributed by atoms with van der Waals surface area (Å²) in [6.45, 7) is 1.03. The summed E-state index contributed by atoms with van der Waals surface area (Å²) in [4.78, 5) is 11.2. The van der Waals surface area contributed by atoms with E-state index in [1.807, 2.05) is 0 Å². The highest BCUT2D eigenvalue weighted by Gasteiger charge is 2.20. The van der Waals surface area contributed by atoms with Gasteiger partial charge in [0.05, 0.1) is 10.2 Å². The summed E-state index contributed by atoms with van der Waals surface area (Å²) in [5.74, 6) is 1.05. The summed E-state index contributed by atoms with van der Waals surface area (Å²) < 4.78 is 1.18. The van der Waals surface area contributed by atoms with Gasteiger partial charge in [-0.1, -0.05) is 18.2 Å². The number of hydrogen-bond acceptors (Lipinski definition) is 4. The Balaban J connectivity index is 1.92. The summed E-state index contributed by atoms with van der Waals surface area (Å²) in [5.41, 5.74) is 3.75. The Labute approximate surface area is 115 Å². The quantitative estimate of drug-likeness (QED) is 0.672. The topological polar surface area (TPSA) is 29.0 Å². The van der Waals surface area contributed by atoms with Gasteiger partial charge >= 0.3 is 0 Å². The van der Waals surface area contributed by atoms with E-state index in [2.05, 4.69) is 50.6 Å². The van der Waals surface area contributed by atoms with Crippen LogP contribution in [0.3, 0.4) is 0 Å². The molecule has 0 saturated carbocycles. The van der Waals surface area contributed by atoms with Crippen molar-refractivity contribution in [2.24, 2.45) is 0 Å². The molecule has 0 amide bonds.